The summed E-state index contributed by atoms with van der Waals surface area (Å²) in [5.41, 5.74) is 5.79. The maximum Gasteiger partial charge on any atom is 0.289 e. The first kappa shape index (κ1) is 13.6. The van der Waals surface area contributed by atoms with Gasteiger partial charge in [-0.2, -0.15) is 0 Å². The van der Waals surface area contributed by atoms with E-state index in [1.54, 1.807) is 12.1 Å². The topological polar surface area (TPSA) is 59.5 Å². The normalized spacial score (nSPS) is 23.3. The van der Waals surface area contributed by atoms with Crippen molar-refractivity contribution in [2.75, 3.05) is 13.1 Å². The Morgan fingerprint density at radius 3 is 2.89 bits per heavy atom. The molecule has 0 aromatic carbocycles. The zero-order valence-corrected chi connectivity index (χ0v) is 12.1. The van der Waals surface area contributed by atoms with Crippen LogP contribution in [0.1, 0.15) is 36.7 Å². The quantitative estimate of drug-likeness (QED) is 0.929. The van der Waals surface area contributed by atoms with Gasteiger partial charge in [-0.1, -0.05) is 6.42 Å². The molecule has 0 bridgehead atoms. The zero-order valence-electron chi connectivity index (χ0n) is 10.6. The molecule has 0 aliphatic heterocycles. The highest BCUT2D eigenvalue weighted by Crippen LogP contribution is 2.30. The Morgan fingerprint density at radius 1 is 1.56 bits per heavy atom. The van der Waals surface area contributed by atoms with Gasteiger partial charge in [-0.15, -0.1) is 0 Å². The van der Waals surface area contributed by atoms with E-state index in [0.29, 0.717) is 29.4 Å². The third-order valence-corrected chi connectivity index (χ3v) is 4.13. The molecule has 2 rings (SSSR count). The van der Waals surface area contributed by atoms with Crippen molar-refractivity contribution in [1.82, 2.24) is 4.90 Å². The van der Waals surface area contributed by atoms with E-state index in [1.807, 2.05) is 11.8 Å². The molecule has 0 radical (unpaired) electrons. The fourth-order valence-electron chi connectivity index (χ4n) is 2.80. The summed E-state index contributed by atoms with van der Waals surface area (Å²) >= 11 is 3.22. The van der Waals surface area contributed by atoms with Gasteiger partial charge >= 0.3 is 0 Å². The molecule has 1 aromatic rings. The maximum atomic E-state index is 12.4. The third kappa shape index (κ3) is 2.62. The van der Waals surface area contributed by atoms with Crippen LogP contribution in [0.3, 0.4) is 0 Å². The Labute approximate surface area is 116 Å². The standard InChI is InChI=1S/C13H19BrN2O2/c1-2-16(10-5-3-4-9(10)8-15)13(17)11-6-7-12(14)18-11/h6-7,9-10H,2-5,8,15H2,1H3. The van der Waals surface area contributed by atoms with Crippen LogP contribution in [-0.2, 0) is 0 Å². The Kier molecular flexibility index (Phi) is 4.45. The molecule has 2 N–H and O–H groups in total. The van der Waals surface area contributed by atoms with E-state index in [9.17, 15) is 4.79 Å². The second-order valence-electron chi connectivity index (χ2n) is 4.69. The molecule has 1 heterocycles. The Morgan fingerprint density at radius 2 is 2.33 bits per heavy atom. The average Bonchev–Trinajstić information content (AvgIpc) is 2.98. The largest absolute Gasteiger partial charge is 0.444 e. The molecule has 1 aromatic heterocycles. The minimum Gasteiger partial charge on any atom is -0.444 e. The van der Waals surface area contributed by atoms with Crippen molar-refractivity contribution >= 4 is 21.8 Å². The van der Waals surface area contributed by atoms with E-state index in [1.165, 1.54) is 0 Å². The van der Waals surface area contributed by atoms with Crippen LogP contribution in [0.5, 0.6) is 0 Å². The van der Waals surface area contributed by atoms with Gasteiger partial charge < -0.3 is 15.1 Å². The molecule has 4 nitrogen and oxygen atoms in total. The lowest BCUT2D eigenvalue weighted by Crippen LogP contribution is -2.44. The third-order valence-electron chi connectivity index (χ3n) is 3.71. The van der Waals surface area contributed by atoms with Crippen molar-refractivity contribution in [2.24, 2.45) is 11.7 Å². The highest BCUT2D eigenvalue weighted by molar-refractivity contribution is 9.10. The predicted octanol–water partition coefficient (Wildman–Crippen LogP) is 2.63. The maximum absolute atomic E-state index is 12.4. The Balaban J connectivity index is 2.15. The monoisotopic (exact) mass is 314 g/mol. The van der Waals surface area contributed by atoms with E-state index < -0.39 is 0 Å². The molecule has 2 unspecified atom stereocenters. The predicted molar refractivity (Wildman–Crippen MR) is 73.3 cm³/mol. The summed E-state index contributed by atoms with van der Waals surface area (Å²) in [7, 11) is 0. The highest BCUT2D eigenvalue weighted by atomic mass is 79.9. The summed E-state index contributed by atoms with van der Waals surface area (Å²) in [6, 6.07) is 3.72. The van der Waals surface area contributed by atoms with Crippen molar-refractivity contribution < 1.29 is 9.21 Å². The lowest BCUT2D eigenvalue weighted by Gasteiger charge is -2.31. The van der Waals surface area contributed by atoms with Gasteiger partial charge in [0.2, 0.25) is 0 Å². The van der Waals surface area contributed by atoms with Gasteiger partial charge in [0.05, 0.1) is 0 Å². The van der Waals surface area contributed by atoms with Gasteiger partial charge in [-0.25, -0.2) is 0 Å². The lowest BCUT2D eigenvalue weighted by atomic mass is 10.0. The lowest BCUT2D eigenvalue weighted by molar-refractivity contribution is 0.0618. The van der Waals surface area contributed by atoms with Crippen LogP contribution in [0.15, 0.2) is 21.2 Å². The van der Waals surface area contributed by atoms with Crippen LogP contribution in [0.2, 0.25) is 0 Å². The molecule has 5 heteroatoms. The second kappa shape index (κ2) is 5.89. The minimum absolute atomic E-state index is 0.0337. The molecule has 100 valence electrons. The molecule has 1 aliphatic rings. The Hall–Kier alpha value is -0.810. The van der Waals surface area contributed by atoms with Crippen molar-refractivity contribution in [2.45, 2.75) is 32.2 Å². The highest BCUT2D eigenvalue weighted by Gasteiger charge is 2.34. The van der Waals surface area contributed by atoms with Gasteiger partial charge in [0, 0.05) is 12.6 Å². The van der Waals surface area contributed by atoms with Crippen molar-refractivity contribution in [3.05, 3.63) is 22.6 Å². The number of halogens is 1. The molecule has 1 amide bonds. The van der Waals surface area contributed by atoms with E-state index in [4.69, 9.17) is 10.2 Å². The molecule has 1 saturated carbocycles. The molecule has 2 atom stereocenters. The zero-order chi connectivity index (χ0) is 13.1. The van der Waals surface area contributed by atoms with Crippen LogP contribution in [0.25, 0.3) is 0 Å². The molecular weight excluding hydrogens is 296 g/mol. The summed E-state index contributed by atoms with van der Waals surface area (Å²) in [4.78, 5) is 14.3. The number of carbonyl (C=O) groups is 1. The van der Waals surface area contributed by atoms with E-state index >= 15 is 0 Å². The summed E-state index contributed by atoms with van der Waals surface area (Å²) < 4.78 is 5.94. The van der Waals surface area contributed by atoms with E-state index in [0.717, 1.165) is 19.3 Å². The first-order valence-corrected chi connectivity index (χ1v) is 7.23. The SMILES string of the molecule is CCN(C(=O)c1ccc(Br)o1)C1CCCC1CN. The molecular formula is C13H19BrN2O2. The van der Waals surface area contributed by atoms with Crippen molar-refractivity contribution in [3.8, 4) is 0 Å². The summed E-state index contributed by atoms with van der Waals surface area (Å²) in [5, 5.41) is 0. The molecule has 1 aliphatic carbocycles. The smallest absolute Gasteiger partial charge is 0.289 e. The number of nitrogens with two attached hydrogens (primary N) is 1. The van der Waals surface area contributed by atoms with Crippen LogP contribution in [-0.4, -0.2) is 29.9 Å². The van der Waals surface area contributed by atoms with E-state index in [2.05, 4.69) is 15.9 Å². The average molecular weight is 315 g/mol. The molecule has 1 fully saturated rings. The van der Waals surface area contributed by atoms with Gasteiger partial charge in [0.1, 0.15) is 0 Å². The summed E-state index contributed by atoms with van der Waals surface area (Å²) in [6.45, 7) is 3.34. The number of hydrogen-bond donors (Lipinski definition) is 1. The molecule has 0 saturated heterocycles. The fraction of sp³-hybridized carbons (Fsp3) is 0.615. The Bertz CT molecular complexity index is 419. The number of carbonyl (C=O) groups excluding carboxylic acids is 1. The van der Waals surface area contributed by atoms with Gasteiger partial charge in [-0.05, 0) is 60.3 Å². The van der Waals surface area contributed by atoms with Crippen molar-refractivity contribution in [3.63, 3.8) is 0 Å². The molecule has 18 heavy (non-hydrogen) atoms. The second-order valence-corrected chi connectivity index (χ2v) is 5.47. The number of amides is 1. The van der Waals surface area contributed by atoms with Crippen molar-refractivity contribution in [1.29, 1.82) is 0 Å². The number of rotatable bonds is 4. The van der Waals surface area contributed by atoms with Crippen LogP contribution >= 0.6 is 15.9 Å². The summed E-state index contributed by atoms with van der Waals surface area (Å²) in [5.74, 6) is 0.784. The van der Waals surface area contributed by atoms with Crippen LogP contribution < -0.4 is 5.73 Å². The number of hydrogen-bond acceptors (Lipinski definition) is 3. The van der Waals surface area contributed by atoms with Crippen LogP contribution in [0, 0.1) is 5.92 Å². The van der Waals surface area contributed by atoms with E-state index in [-0.39, 0.29) is 11.9 Å². The van der Waals surface area contributed by atoms with Gasteiger partial charge in [-0.3, -0.25) is 4.79 Å². The minimum atomic E-state index is -0.0337. The van der Waals surface area contributed by atoms with Crippen LogP contribution in [0.4, 0.5) is 0 Å². The first-order chi connectivity index (χ1) is 8.67. The van der Waals surface area contributed by atoms with Gasteiger partial charge in [0.25, 0.3) is 5.91 Å². The summed E-state index contributed by atoms with van der Waals surface area (Å²) in [6.07, 6.45) is 3.31. The van der Waals surface area contributed by atoms with Gasteiger partial charge in [0.15, 0.2) is 10.4 Å². The first-order valence-electron chi connectivity index (χ1n) is 6.43. The number of nitrogens with zero attached hydrogens (tertiary/aromatic N) is 1. The fourth-order valence-corrected chi connectivity index (χ4v) is 3.11. The molecule has 0 spiro atoms. The number of furan rings is 1.